The van der Waals surface area contributed by atoms with E-state index in [4.69, 9.17) is 0 Å². The van der Waals surface area contributed by atoms with Gasteiger partial charge >= 0.3 is 0 Å². The molecule has 1 aromatic heterocycles. The highest BCUT2D eigenvalue weighted by Crippen LogP contribution is 2.31. The minimum absolute atomic E-state index is 0.116. The van der Waals surface area contributed by atoms with Crippen molar-refractivity contribution in [1.82, 2.24) is 14.5 Å². The number of aromatic nitrogens is 2. The molecule has 0 spiro atoms. The number of thioether (sulfide) groups is 1. The number of nitrogens with zero attached hydrogens (tertiary/aromatic N) is 3. The summed E-state index contributed by atoms with van der Waals surface area (Å²) in [5, 5.41) is 0. The molecule has 4 nitrogen and oxygen atoms in total. The summed E-state index contributed by atoms with van der Waals surface area (Å²) < 4.78 is 1.98. The van der Waals surface area contributed by atoms with Crippen LogP contribution < -0.4 is 0 Å². The molecule has 1 heterocycles. The molecule has 1 saturated carbocycles. The summed E-state index contributed by atoms with van der Waals surface area (Å²) in [5.74, 6) is 1.04. The molecule has 1 fully saturated rings. The summed E-state index contributed by atoms with van der Waals surface area (Å²) in [5.41, 5.74) is 0.797. The number of rotatable bonds is 5. The summed E-state index contributed by atoms with van der Waals surface area (Å²) in [6.45, 7) is 0.579. The van der Waals surface area contributed by atoms with E-state index in [2.05, 4.69) is 4.98 Å². The van der Waals surface area contributed by atoms with Gasteiger partial charge in [0.15, 0.2) is 0 Å². The number of carbonyl (C=O) groups excluding carboxylic acids is 1. The van der Waals surface area contributed by atoms with E-state index in [0.717, 1.165) is 29.1 Å². The lowest BCUT2D eigenvalue weighted by Crippen LogP contribution is -2.33. The van der Waals surface area contributed by atoms with Crippen molar-refractivity contribution in [1.29, 1.82) is 0 Å². The van der Waals surface area contributed by atoms with Gasteiger partial charge in [0.1, 0.15) is 5.82 Å². The van der Waals surface area contributed by atoms with Crippen molar-refractivity contribution in [2.24, 2.45) is 7.05 Å². The second kappa shape index (κ2) is 5.93. The molecule has 110 valence electrons. The molecule has 0 saturated heterocycles. The lowest BCUT2D eigenvalue weighted by atomic mass is 10.2. The standard InChI is InChI=1S/C16H19N3OS/c1-18-10-9-17-15(18)11-19(12-7-8-12)16(20)13-5-3-4-6-14(13)21-2/h3-6,9-10,12H,7-8,11H2,1-2H3. The van der Waals surface area contributed by atoms with Crippen LogP contribution in [0.3, 0.4) is 0 Å². The van der Waals surface area contributed by atoms with Gasteiger partial charge in [0.05, 0.1) is 12.1 Å². The Hall–Kier alpha value is -1.75. The lowest BCUT2D eigenvalue weighted by molar-refractivity contribution is 0.0720. The average molecular weight is 301 g/mol. The van der Waals surface area contributed by atoms with Gasteiger partial charge in [-0.3, -0.25) is 4.79 Å². The highest BCUT2D eigenvalue weighted by atomic mass is 32.2. The molecular weight excluding hydrogens is 282 g/mol. The first-order valence-electron chi connectivity index (χ1n) is 7.11. The average Bonchev–Trinajstić information content (AvgIpc) is 3.27. The molecule has 0 bridgehead atoms. The first-order valence-corrected chi connectivity index (χ1v) is 8.33. The van der Waals surface area contributed by atoms with Crippen molar-refractivity contribution in [2.75, 3.05) is 6.26 Å². The monoisotopic (exact) mass is 301 g/mol. The van der Waals surface area contributed by atoms with E-state index < -0.39 is 0 Å². The van der Waals surface area contributed by atoms with Crippen LogP contribution in [0.15, 0.2) is 41.6 Å². The van der Waals surface area contributed by atoms with E-state index in [-0.39, 0.29) is 5.91 Å². The number of carbonyl (C=O) groups is 1. The second-order valence-electron chi connectivity index (χ2n) is 5.32. The van der Waals surface area contributed by atoms with E-state index >= 15 is 0 Å². The third-order valence-electron chi connectivity index (χ3n) is 3.82. The summed E-state index contributed by atoms with van der Waals surface area (Å²) in [7, 11) is 1.97. The smallest absolute Gasteiger partial charge is 0.255 e. The van der Waals surface area contributed by atoms with Crippen LogP contribution in [-0.2, 0) is 13.6 Å². The van der Waals surface area contributed by atoms with Crippen molar-refractivity contribution in [3.05, 3.63) is 48.0 Å². The molecular formula is C16H19N3OS. The zero-order valence-corrected chi connectivity index (χ0v) is 13.1. The Balaban J connectivity index is 1.87. The van der Waals surface area contributed by atoms with Crippen LogP contribution in [0.25, 0.3) is 0 Å². The van der Waals surface area contributed by atoms with Gasteiger partial charge in [0.25, 0.3) is 5.91 Å². The van der Waals surface area contributed by atoms with E-state index in [9.17, 15) is 4.79 Å². The Kier molecular flexibility index (Phi) is 4.01. The van der Waals surface area contributed by atoms with Crippen LogP contribution in [0, 0.1) is 0 Å². The van der Waals surface area contributed by atoms with Gasteiger partial charge in [0.2, 0.25) is 0 Å². The highest BCUT2D eigenvalue weighted by Gasteiger charge is 2.34. The number of aryl methyl sites for hydroxylation is 1. The maximum Gasteiger partial charge on any atom is 0.255 e. The fourth-order valence-electron chi connectivity index (χ4n) is 2.43. The molecule has 1 aromatic carbocycles. The topological polar surface area (TPSA) is 38.1 Å². The predicted molar refractivity (Wildman–Crippen MR) is 84.3 cm³/mol. The minimum atomic E-state index is 0.116. The Labute approximate surface area is 129 Å². The Morgan fingerprint density at radius 3 is 2.81 bits per heavy atom. The maximum absolute atomic E-state index is 12.9. The van der Waals surface area contributed by atoms with Crippen LogP contribution in [0.1, 0.15) is 29.0 Å². The predicted octanol–water partition coefficient (Wildman–Crippen LogP) is 2.95. The summed E-state index contributed by atoms with van der Waals surface area (Å²) in [6.07, 6.45) is 7.89. The van der Waals surface area contributed by atoms with Gasteiger partial charge in [-0.1, -0.05) is 12.1 Å². The van der Waals surface area contributed by atoms with Crippen LogP contribution in [-0.4, -0.2) is 32.7 Å². The van der Waals surface area contributed by atoms with E-state index in [0.29, 0.717) is 12.6 Å². The summed E-state index contributed by atoms with van der Waals surface area (Å²) in [6, 6.07) is 8.19. The lowest BCUT2D eigenvalue weighted by Gasteiger charge is -2.23. The number of amides is 1. The maximum atomic E-state index is 12.9. The van der Waals surface area contributed by atoms with Gasteiger partial charge in [-0.15, -0.1) is 11.8 Å². The molecule has 0 aliphatic heterocycles. The largest absolute Gasteiger partial charge is 0.337 e. The SMILES string of the molecule is CSc1ccccc1C(=O)N(Cc1nccn1C)C1CC1. The Bertz CT molecular complexity index is 648. The van der Waals surface area contributed by atoms with Gasteiger partial charge in [-0.25, -0.2) is 4.98 Å². The second-order valence-corrected chi connectivity index (χ2v) is 6.17. The molecule has 1 aliphatic carbocycles. The Morgan fingerprint density at radius 2 is 2.19 bits per heavy atom. The van der Waals surface area contributed by atoms with Gasteiger partial charge < -0.3 is 9.47 Å². The molecule has 1 amide bonds. The molecule has 3 rings (SSSR count). The van der Waals surface area contributed by atoms with E-state index in [1.54, 1.807) is 18.0 Å². The first-order chi connectivity index (χ1) is 10.2. The third kappa shape index (κ3) is 2.97. The molecule has 0 radical (unpaired) electrons. The normalized spacial score (nSPS) is 14.2. The minimum Gasteiger partial charge on any atom is -0.337 e. The fraction of sp³-hybridized carbons (Fsp3) is 0.375. The van der Waals surface area contributed by atoms with Gasteiger partial charge in [0, 0.05) is 30.4 Å². The Morgan fingerprint density at radius 1 is 1.43 bits per heavy atom. The van der Waals surface area contributed by atoms with Gasteiger partial charge in [-0.05, 0) is 31.2 Å². The van der Waals surface area contributed by atoms with Crippen molar-refractivity contribution < 1.29 is 4.79 Å². The van der Waals surface area contributed by atoms with Crippen LogP contribution in [0.5, 0.6) is 0 Å². The molecule has 0 unspecified atom stereocenters. The molecule has 5 heteroatoms. The summed E-state index contributed by atoms with van der Waals surface area (Å²) >= 11 is 1.62. The fourth-order valence-corrected chi connectivity index (χ4v) is 3.02. The summed E-state index contributed by atoms with van der Waals surface area (Å²) in [4.78, 5) is 20.3. The van der Waals surface area contributed by atoms with Crippen molar-refractivity contribution in [2.45, 2.75) is 30.3 Å². The molecule has 0 atom stereocenters. The number of imidazole rings is 1. The molecule has 1 aliphatic rings. The zero-order chi connectivity index (χ0) is 14.8. The van der Waals surface area contributed by atoms with Gasteiger partial charge in [-0.2, -0.15) is 0 Å². The van der Waals surface area contributed by atoms with Crippen LogP contribution >= 0.6 is 11.8 Å². The number of hydrogen-bond donors (Lipinski definition) is 0. The quantitative estimate of drug-likeness (QED) is 0.797. The van der Waals surface area contributed by atoms with Crippen LogP contribution in [0.4, 0.5) is 0 Å². The van der Waals surface area contributed by atoms with Crippen molar-refractivity contribution in [3.8, 4) is 0 Å². The highest BCUT2D eigenvalue weighted by molar-refractivity contribution is 7.98. The number of hydrogen-bond acceptors (Lipinski definition) is 3. The zero-order valence-electron chi connectivity index (χ0n) is 12.3. The van der Waals surface area contributed by atoms with Crippen molar-refractivity contribution in [3.63, 3.8) is 0 Å². The molecule has 0 N–H and O–H groups in total. The first kappa shape index (κ1) is 14.2. The number of benzene rings is 1. The molecule has 21 heavy (non-hydrogen) atoms. The van der Waals surface area contributed by atoms with E-state index in [1.807, 2.05) is 53.2 Å². The third-order valence-corrected chi connectivity index (χ3v) is 4.61. The van der Waals surface area contributed by atoms with E-state index in [1.165, 1.54) is 0 Å². The van der Waals surface area contributed by atoms with Crippen LogP contribution in [0.2, 0.25) is 0 Å². The molecule has 2 aromatic rings. The van der Waals surface area contributed by atoms with Crippen molar-refractivity contribution >= 4 is 17.7 Å².